The summed E-state index contributed by atoms with van der Waals surface area (Å²) in [5, 5.41) is 9.16. The summed E-state index contributed by atoms with van der Waals surface area (Å²) in [6.07, 6.45) is 3.53. The van der Waals surface area contributed by atoms with Gasteiger partial charge in [-0.05, 0) is 39.5 Å². The summed E-state index contributed by atoms with van der Waals surface area (Å²) in [6.45, 7) is 4.66. The van der Waals surface area contributed by atoms with Crippen molar-refractivity contribution in [2.45, 2.75) is 45.1 Å². The zero-order valence-electron chi connectivity index (χ0n) is 10.4. The SMILES string of the molecule is COCC1(CC(C)(C)C(=O)O)CCCCO1. The number of carboxylic acid groups (broad SMARTS) is 1. The van der Waals surface area contributed by atoms with Gasteiger partial charge in [0.15, 0.2) is 0 Å². The van der Waals surface area contributed by atoms with E-state index in [2.05, 4.69) is 0 Å². The maximum atomic E-state index is 11.1. The second-order valence-electron chi connectivity index (χ2n) is 5.29. The van der Waals surface area contributed by atoms with E-state index in [1.807, 2.05) is 0 Å². The third-order valence-electron chi connectivity index (χ3n) is 3.19. The second kappa shape index (κ2) is 5.15. The Balaban J connectivity index is 2.73. The lowest BCUT2D eigenvalue weighted by Crippen LogP contribution is -2.46. The van der Waals surface area contributed by atoms with Crippen molar-refractivity contribution in [1.82, 2.24) is 0 Å². The van der Waals surface area contributed by atoms with Crippen LogP contribution in [0.15, 0.2) is 0 Å². The molecule has 4 nitrogen and oxygen atoms in total. The van der Waals surface area contributed by atoms with E-state index in [9.17, 15) is 4.79 Å². The molecule has 0 radical (unpaired) electrons. The number of ether oxygens (including phenoxy) is 2. The van der Waals surface area contributed by atoms with Gasteiger partial charge in [0.25, 0.3) is 0 Å². The predicted octanol–water partition coefficient (Wildman–Crippen LogP) is 2.07. The van der Waals surface area contributed by atoms with E-state index in [-0.39, 0.29) is 0 Å². The summed E-state index contributed by atoms with van der Waals surface area (Å²) in [5.74, 6) is -0.780. The van der Waals surface area contributed by atoms with Gasteiger partial charge in [-0.15, -0.1) is 0 Å². The van der Waals surface area contributed by atoms with Gasteiger partial charge in [0.1, 0.15) is 0 Å². The molecule has 1 aliphatic heterocycles. The molecule has 1 saturated heterocycles. The summed E-state index contributed by atoms with van der Waals surface area (Å²) in [4.78, 5) is 11.1. The van der Waals surface area contributed by atoms with Crippen molar-refractivity contribution in [3.8, 4) is 0 Å². The standard InChI is InChI=1S/C12H22O4/c1-11(2,10(13)14)8-12(9-15-3)6-4-5-7-16-12/h4-9H2,1-3H3,(H,13,14). The molecule has 1 unspecified atom stereocenters. The molecule has 0 aromatic carbocycles. The highest BCUT2D eigenvalue weighted by Gasteiger charge is 2.42. The molecule has 94 valence electrons. The van der Waals surface area contributed by atoms with Crippen LogP contribution in [-0.4, -0.2) is 37.0 Å². The van der Waals surface area contributed by atoms with Crippen LogP contribution in [0.1, 0.15) is 39.5 Å². The summed E-state index contributed by atoms with van der Waals surface area (Å²) >= 11 is 0. The predicted molar refractivity (Wildman–Crippen MR) is 60.4 cm³/mol. The van der Waals surface area contributed by atoms with Gasteiger partial charge >= 0.3 is 5.97 Å². The van der Waals surface area contributed by atoms with Crippen LogP contribution in [0.4, 0.5) is 0 Å². The molecule has 1 fully saturated rings. The molecule has 1 aliphatic rings. The first kappa shape index (κ1) is 13.5. The van der Waals surface area contributed by atoms with E-state index < -0.39 is 17.0 Å². The monoisotopic (exact) mass is 230 g/mol. The second-order valence-corrected chi connectivity index (χ2v) is 5.29. The first-order valence-corrected chi connectivity index (χ1v) is 5.78. The largest absolute Gasteiger partial charge is 0.481 e. The average Bonchev–Trinajstić information content (AvgIpc) is 2.18. The number of hydrogen-bond donors (Lipinski definition) is 1. The van der Waals surface area contributed by atoms with Crippen LogP contribution in [-0.2, 0) is 14.3 Å². The van der Waals surface area contributed by atoms with Crippen molar-refractivity contribution in [1.29, 1.82) is 0 Å². The van der Waals surface area contributed by atoms with E-state index in [4.69, 9.17) is 14.6 Å². The zero-order valence-corrected chi connectivity index (χ0v) is 10.4. The van der Waals surface area contributed by atoms with Gasteiger partial charge in [0, 0.05) is 13.7 Å². The lowest BCUT2D eigenvalue weighted by atomic mass is 9.77. The van der Waals surface area contributed by atoms with E-state index in [1.54, 1.807) is 21.0 Å². The van der Waals surface area contributed by atoms with Gasteiger partial charge in [0.05, 0.1) is 17.6 Å². The molecule has 0 saturated carbocycles. The Morgan fingerprint density at radius 3 is 2.62 bits per heavy atom. The van der Waals surface area contributed by atoms with Crippen molar-refractivity contribution in [2.75, 3.05) is 20.3 Å². The van der Waals surface area contributed by atoms with Crippen molar-refractivity contribution < 1.29 is 19.4 Å². The van der Waals surface area contributed by atoms with Crippen molar-refractivity contribution in [3.05, 3.63) is 0 Å². The number of methoxy groups -OCH3 is 1. The van der Waals surface area contributed by atoms with Gasteiger partial charge in [-0.1, -0.05) is 0 Å². The number of aliphatic carboxylic acids is 1. The summed E-state index contributed by atoms with van der Waals surface area (Å²) in [7, 11) is 1.63. The fraction of sp³-hybridized carbons (Fsp3) is 0.917. The smallest absolute Gasteiger partial charge is 0.309 e. The maximum Gasteiger partial charge on any atom is 0.309 e. The van der Waals surface area contributed by atoms with Crippen LogP contribution in [0.5, 0.6) is 0 Å². The first-order valence-electron chi connectivity index (χ1n) is 5.78. The molecule has 0 aromatic heterocycles. The first-order chi connectivity index (χ1) is 7.42. The van der Waals surface area contributed by atoms with Gasteiger partial charge in [-0.2, -0.15) is 0 Å². The molecule has 1 rings (SSSR count). The highest BCUT2D eigenvalue weighted by atomic mass is 16.5. The molecule has 0 amide bonds. The Bertz CT molecular complexity index is 236. The highest BCUT2D eigenvalue weighted by Crippen LogP contribution is 2.37. The highest BCUT2D eigenvalue weighted by molar-refractivity contribution is 5.73. The summed E-state index contributed by atoms with van der Waals surface area (Å²) in [6, 6.07) is 0. The minimum Gasteiger partial charge on any atom is -0.481 e. The van der Waals surface area contributed by atoms with Crippen molar-refractivity contribution in [3.63, 3.8) is 0 Å². The zero-order chi connectivity index (χ0) is 12.2. The number of hydrogen-bond acceptors (Lipinski definition) is 3. The fourth-order valence-electron chi connectivity index (χ4n) is 2.36. The van der Waals surface area contributed by atoms with Gasteiger partial charge in [0.2, 0.25) is 0 Å². The van der Waals surface area contributed by atoms with Crippen LogP contribution < -0.4 is 0 Å². The molecule has 0 aliphatic carbocycles. The minimum atomic E-state index is -0.780. The molecule has 0 aromatic rings. The third kappa shape index (κ3) is 3.19. The van der Waals surface area contributed by atoms with Crippen LogP contribution in [0.25, 0.3) is 0 Å². The van der Waals surface area contributed by atoms with Gasteiger partial charge in [-0.25, -0.2) is 0 Å². The van der Waals surface area contributed by atoms with Gasteiger partial charge < -0.3 is 14.6 Å². The van der Waals surface area contributed by atoms with Crippen LogP contribution in [0.2, 0.25) is 0 Å². The molecule has 1 heterocycles. The maximum absolute atomic E-state index is 11.1. The van der Waals surface area contributed by atoms with E-state index >= 15 is 0 Å². The Labute approximate surface area is 96.9 Å². The molecule has 1 atom stereocenters. The Morgan fingerprint density at radius 2 is 2.19 bits per heavy atom. The van der Waals surface area contributed by atoms with Crippen molar-refractivity contribution >= 4 is 5.97 Å². The molecule has 16 heavy (non-hydrogen) atoms. The van der Waals surface area contributed by atoms with E-state index in [0.29, 0.717) is 19.6 Å². The quantitative estimate of drug-likeness (QED) is 0.785. The minimum absolute atomic E-state index is 0.408. The molecular weight excluding hydrogens is 208 g/mol. The normalized spacial score (nSPS) is 26.7. The van der Waals surface area contributed by atoms with E-state index in [0.717, 1.165) is 19.3 Å². The topological polar surface area (TPSA) is 55.8 Å². The van der Waals surface area contributed by atoms with Crippen LogP contribution in [0.3, 0.4) is 0 Å². The van der Waals surface area contributed by atoms with Crippen LogP contribution >= 0.6 is 0 Å². The van der Waals surface area contributed by atoms with Crippen molar-refractivity contribution in [2.24, 2.45) is 5.41 Å². The lowest BCUT2D eigenvalue weighted by molar-refractivity contribution is -0.162. The molecule has 4 heteroatoms. The average molecular weight is 230 g/mol. The Kier molecular flexibility index (Phi) is 4.33. The summed E-state index contributed by atoms with van der Waals surface area (Å²) in [5.41, 5.74) is -1.18. The third-order valence-corrected chi connectivity index (χ3v) is 3.19. The van der Waals surface area contributed by atoms with E-state index in [1.165, 1.54) is 0 Å². The number of rotatable bonds is 5. The Morgan fingerprint density at radius 1 is 1.50 bits per heavy atom. The molecule has 0 bridgehead atoms. The molecule has 0 spiro atoms. The number of carboxylic acids is 1. The number of carbonyl (C=O) groups is 1. The summed E-state index contributed by atoms with van der Waals surface area (Å²) < 4.78 is 11.0. The fourth-order valence-corrected chi connectivity index (χ4v) is 2.36. The molecular formula is C12H22O4. The Hall–Kier alpha value is -0.610. The van der Waals surface area contributed by atoms with Crippen LogP contribution in [0, 0.1) is 5.41 Å². The van der Waals surface area contributed by atoms with Gasteiger partial charge in [-0.3, -0.25) is 4.79 Å². The lowest BCUT2D eigenvalue weighted by Gasteiger charge is -2.40. The molecule has 1 N–H and O–H groups in total.